The average Bonchev–Trinajstić information content (AvgIpc) is 3.31. The number of nitrogens with one attached hydrogen (secondary N) is 2. The first-order chi connectivity index (χ1) is 31.9. The first-order valence-corrected chi connectivity index (χ1v) is 19.9. The van der Waals surface area contributed by atoms with Crippen molar-refractivity contribution >= 4 is 24.1 Å². The molecule has 0 spiro atoms. The van der Waals surface area contributed by atoms with Gasteiger partial charge in [-0.1, -0.05) is 61.1 Å². The second-order valence-electron chi connectivity index (χ2n) is 13.3. The summed E-state index contributed by atoms with van der Waals surface area (Å²) in [5, 5.41) is 5.35. The molecule has 0 saturated carbocycles. The molecule has 0 aliphatic rings. The Morgan fingerprint density at radius 1 is 0.515 bits per heavy atom. The molecule has 12 heteroatoms. The number of amides is 2. The summed E-state index contributed by atoms with van der Waals surface area (Å²) < 4.78 is 33.2. The summed E-state index contributed by atoms with van der Waals surface area (Å²) in [7, 11) is 0. The maximum absolute atomic E-state index is 12.9. The number of ether oxygens (including phenoxy) is 6. The zero-order valence-corrected chi connectivity index (χ0v) is 36.8. The second-order valence-corrected chi connectivity index (χ2v) is 13.3. The largest absolute Gasteiger partial charge is 0.490 e. The Labute approximate surface area is 386 Å². The van der Waals surface area contributed by atoms with E-state index in [2.05, 4.69) is 119 Å². The van der Waals surface area contributed by atoms with Crippen LogP contribution >= 0.6 is 0 Å². The lowest BCUT2D eigenvalue weighted by Crippen LogP contribution is -2.35. The molecule has 0 saturated heterocycles. The molecule has 0 heterocycles. The van der Waals surface area contributed by atoms with Crippen LogP contribution in [-0.2, 0) is 41.6 Å². The van der Waals surface area contributed by atoms with E-state index in [-0.39, 0.29) is 50.7 Å². The van der Waals surface area contributed by atoms with Crippen molar-refractivity contribution in [3.05, 3.63) is 119 Å². The van der Waals surface area contributed by atoms with E-state index in [4.69, 9.17) is 28.4 Å². The van der Waals surface area contributed by atoms with E-state index >= 15 is 0 Å². The molecule has 330 valence electrons. The quantitative estimate of drug-likeness (QED) is 0.0672. The van der Waals surface area contributed by atoms with Crippen LogP contribution in [0, 0.1) is 94.7 Å². The predicted molar refractivity (Wildman–Crippen MR) is 248 cm³/mol. The van der Waals surface area contributed by atoms with Gasteiger partial charge in [-0.3, -0.25) is 0 Å². The molecular weight excluding hydrogens is 837 g/mol. The van der Waals surface area contributed by atoms with Gasteiger partial charge in [-0.25, -0.2) is 19.2 Å². The third-order valence-electron chi connectivity index (χ3n) is 7.78. The molecule has 2 atom stereocenters. The number of esters is 2. The van der Waals surface area contributed by atoms with Crippen molar-refractivity contribution in [3.8, 4) is 106 Å². The van der Waals surface area contributed by atoms with Gasteiger partial charge in [0.1, 0.15) is 37.9 Å². The SMILES string of the molecule is C=C(C)C(=O)OCC(COc1ccc(C#CC#CC#CC#CC)cc1)OC(=O)NCc1cccc(CNC(=O)OC(COC(=O)C(=C)C)COc2ccc(C#CC#CC#CC#CC)cc2)c1. The smallest absolute Gasteiger partial charge is 0.407 e. The topological polar surface area (TPSA) is 148 Å². The molecule has 0 aliphatic heterocycles. The molecule has 0 aromatic heterocycles. The Balaban J connectivity index is 1.54. The van der Waals surface area contributed by atoms with Gasteiger partial charge in [0.05, 0.1) is 0 Å². The molecule has 0 radical (unpaired) electrons. The minimum atomic E-state index is -0.981. The lowest BCUT2D eigenvalue weighted by atomic mass is 10.1. The van der Waals surface area contributed by atoms with Gasteiger partial charge in [-0.15, -0.1) is 0 Å². The Kier molecular flexibility index (Phi) is 23.1. The van der Waals surface area contributed by atoms with Crippen LogP contribution < -0.4 is 20.1 Å². The van der Waals surface area contributed by atoms with Crippen LogP contribution in [0.25, 0.3) is 0 Å². The molecule has 66 heavy (non-hydrogen) atoms. The van der Waals surface area contributed by atoms with Crippen molar-refractivity contribution in [2.45, 2.75) is 53.0 Å². The van der Waals surface area contributed by atoms with E-state index in [1.807, 2.05) is 0 Å². The standard InChI is InChI=1S/C54H44N2O10/c1-7-9-11-13-15-17-19-22-43-26-30-47(31-27-43)61-37-49(39-63-51(57)41(3)4)65-53(59)55-35-45-24-21-25-46(34-45)36-56-54(60)66-50(40-64-52(58)42(5)6)38-62-48-32-28-44(29-33-48)23-20-18-16-14-12-10-8-2/h21,24-34,49-50H,3,5,35-40H2,1-2,4,6H3,(H,55,59)(H,56,60). The van der Waals surface area contributed by atoms with Crippen molar-refractivity contribution < 1.29 is 47.6 Å². The molecule has 0 bridgehead atoms. The molecule has 2 N–H and O–H groups in total. The highest BCUT2D eigenvalue weighted by atomic mass is 16.6. The van der Waals surface area contributed by atoms with Crippen molar-refractivity contribution in [1.29, 1.82) is 0 Å². The fourth-order valence-corrected chi connectivity index (χ4v) is 4.63. The minimum Gasteiger partial charge on any atom is -0.490 e. The van der Waals surface area contributed by atoms with Crippen LogP contribution in [0.15, 0.2) is 97.1 Å². The van der Waals surface area contributed by atoms with Gasteiger partial charge >= 0.3 is 24.1 Å². The number of benzene rings is 3. The summed E-state index contributed by atoms with van der Waals surface area (Å²) in [5.74, 6) is 42.0. The number of rotatable bonds is 18. The minimum absolute atomic E-state index is 0.0576. The second kappa shape index (κ2) is 29.9. The highest BCUT2D eigenvalue weighted by Gasteiger charge is 2.20. The average molecular weight is 881 g/mol. The third kappa shape index (κ3) is 22.0. The van der Waals surface area contributed by atoms with E-state index in [0.717, 1.165) is 0 Å². The summed E-state index contributed by atoms with van der Waals surface area (Å²) >= 11 is 0. The van der Waals surface area contributed by atoms with Crippen LogP contribution in [0.1, 0.15) is 49.9 Å². The first kappa shape index (κ1) is 51.1. The molecule has 0 aliphatic carbocycles. The van der Waals surface area contributed by atoms with Crippen LogP contribution in [0.2, 0.25) is 0 Å². The summed E-state index contributed by atoms with van der Waals surface area (Å²) in [6.45, 7) is 12.8. The molecule has 3 rings (SSSR count). The zero-order valence-electron chi connectivity index (χ0n) is 36.8. The molecular formula is C54H44N2O10. The number of hydrogen-bond acceptors (Lipinski definition) is 10. The summed E-state index contributed by atoms with van der Waals surface area (Å²) in [5.41, 5.74) is 3.09. The van der Waals surface area contributed by atoms with Crippen LogP contribution in [0.4, 0.5) is 9.59 Å². The van der Waals surface area contributed by atoms with E-state index in [1.54, 1.807) is 86.6 Å². The van der Waals surface area contributed by atoms with Gasteiger partial charge in [-0.2, -0.15) is 0 Å². The molecule has 12 nitrogen and oxygen atoms in total. The lowest BCUT2D eigenvalue weighted by molar-refractivity contribution is -0.143. The summed E-state index contributed by atoms with van der Waals surface area (Å²) in [6, 6.07) is 20.7. The van der Waals surface area contributed by atoms with E-state index in [0.29, 0.717) is 33.8 Å². The van der Waals surface area contributed by atoms with E-state index in [9.17, 15) is 19.2 Å². The number of carbonyl (C=O) groups excluding carboxylic acids is 4. The van der Waals surface area contributed by atoms with Crippen molar-refractivity contribution in [1.82, 2.24) is 10.6 Å². The zero-order chi connectivity index (χ0) is 47.8. The Hall–Kier alpha value is -9.30. The van der Waals surface area contributed by atoms with Crippen LogP contribution in [0.5, 0.6) is 11.5 Å². The summed E-state index contributed by atoms with van der Waals surface area (Å²) in [4.78, 5) is 50.0. The van der Waals surface area contributed by atoms with Gasteiger partial charge in [0.25, 0.3) is 0 Å². The first-order valence-electron chi connectivity index (χ1n) is 19.9. The van der Waals surface area contributed by atoms with Gasteiger partial charge in [0.2, 0.25) is 0 Å². The van der Waals surface area contributed by atoms with Gasteiger partial charge < -0.3 is 39.1 Å². The molecule has 0 fully saturated rings. The maximum atomic E-state index is 12.9. The fourth-order valence-electron chi connectivity index (χ4n) is 4.63. The van der Waals surface area contributed by atoms with Crippen LogP contribution in [0.3, 0.4) is 0 Å². The molecule has 3 aromatic rings. The normalized spacial score (nSPS) is 9.76. The highest BCUT2D eigenvalue weighted by molar-refractivity contribution is 5.87. The Morgan fingerprint density at radius 2 is 0.879 bits per heavy atom. The van der Waals surface area contributed by atoms with Gasteiger partial charge in [0.15, 0.2) is 12.2 Å². The Morgan fingerprint density at radius 3 is 1.24 bits per heavy atom. The van der Waals surface area contributed by atoms with Crippen molar-refractivity contribution in [3.63, 3.8) is 0 Å². The van der Waals surface area contributed by atoms with Crippen LogP contribution in [-0.4, -0.2) is 62.8 Å². The number of hydrogen-bond donors (Lipinski definition) is 2. The molecule has 3 aromatic carbocycles. The van der Waals surface area contributed by atoms with Gasteiger partial charge in [-0.05, 0) is 158 Å². The predicted octanol–water partition coefficient (Wildman–Crippen LogP) is 6.04. The van der Waals surface area contributed by atoms with Crippen molar-refractivity contribution in [2.75, 3.05) is 26.4 Å². The lowest BCUT2D eigenvalue weighted by Gasteiger charge is -2.19. The summed E-state index contributed by atoms with van der Waals surface area (Å²) in [6.07, 6.45) is -3.55. The fraction of sp³-hybridized carbons (Fsp3) is 0.222. The van der Waals surface area contributed by atoms with Crippen molar-refractivity contribution in [2.24, 2.45) is 0 Å². The van der Waals surface area contributed by atoms with Gasteiger partial charge in [0, 0.05) is 35.4 Å². The number of alkyl carbamates (subject to hydrolysis) is 2. The molecule has 2 unspecified atom stereocenters. The molecule has 2 amide bonds. The third-order valence-corrected chi connectivity index (χ3v) is 7.78. The van der Waals surface area contributed by atoms with E-state index < -0.39 is 36.3 Å². The highest BCUT2D eigenvalue weighted by Crippen LogP contribution is 2.15. The Bertz CT molecular complexity index is 2580. The van der Waals surface area contributed by atoms with E-state index in [1.165, 1.54) is 13.8 Å². The maximum Gasteiger partial charge on any atom is 0.407 e. The number of carbonyl (C=O) groups is 4. The monoisotopic (exact) mass is 880 g/mol.